The summed E-state index contributed by atoms with van der Waals surface area (Å²) in [4.78, 5) is 0. The maximum Gasteiger partial charge on any atom is 0.143 e. The third-order valence-electron chi connectivity index (χ3n) is 7.83. The van der Waals surface area contributed by atoms with Crippen molar-refractivity contribution in [2.75, 3.05) is 0 Å². The van der Waals surface area contributed by atoms with E-state index in [0.29, 0.717) is 0 Å². The zero-order valence-corrected chi connectivity index (χ0v) is 22.2. The van der Waals surface area contributed by atoms with Crippen LogP contribution in [0.1, 0.15) is 11.1 Å². The quantitative estimate of drug-likeness (QED) is 0.211. The van der Waals surface area contributed by atoms with Gasteiger partial charge in [-0.1, -0.05) is 65.7 Å². The zero-order valence-electron chi connectivity index (χ0n) is 20.7. The lowest BCUT2D eigenvalue weighted by atomic mass is 9.98. The Morgan fingerprint density at radius 1 is 0.474 bits per heavy atom. The van der Waals surface area contributed by atoms with E-state index in [9.17, 15) is 0 Å². The molecule has 0 aliphatic rings. The van der Waals surface area contributed by atoms with Crippen LogP contribution in [-0.2, 0) is 0 Å². The van der Waals surface area contributed by atoms with Crippen LogP contribution in [0.4, 0.5) is 0 Å². The molecule has 38 heavy (non-hydrogen) atoms. The fourth-order valence-electron chi connectivity index (χ4n) is 6.05. The van der Waals surface area contributed by atoms with Gasteiger partial charge >= 0.3 is 0 Å². The molecular weight excluding hydrogens is 511 g/mol. The minimum absolute atomic E-state index is 0.742. The average Bonchev–Trinajstić information content (AvgIpc) is 3.46. The second-order valence-corrected chi connectivity index (χ2v) is 10.9. The van der Waals surface area contributed by atoms with Crippen molar-refractivity contribution in [1.82, 2.24) is 0 Å². The number of rotatable bonds is 1. The first-order valence-corrected chi connectivity index (χ1v) is 13.3. The van der Waals surface area contributed by atoms with Crippen LogP contribution in [0.2, 0.25) is 10.0 Å². The van der Waals surface area contributed by atoms with Gasteiger partial charge < -0.3 is 8.83 Å². The molecule has 0 atom stereocenters. The van der Waals surface area contributed by atoms with Crippen molar-refractivity contribution in [3.05, 3.63) is 106 Å². The summed E-state index contributed by atoms with van der Waals surface area (Å²) < 4.78 is 12.7. The molecule has 0 N–H and O–H groups in total. The van der Waals surface area contributed by atoms with E-state index in [4.69, 9.17) is 32.0 Å². The molecule has 2 heterocycles. The fraction of sp³-hybridized carbons (Fsp3) is 0.0588. The summed E-state index contributed by atoms with van der Waals surface area (Å²) in [5.41, 5.74) is 7.95. The van der Waals surface area contributed by atoms with E-state index in [0.717, 1.165) is 97.7 Å². The first-order valence-electron chi connectivity index (χ1n) is 12.6. The monoisotopic (exact) mass is 530 g/mol. The first-order chi connectivity index (χ1) is 18.5. The molecule has 0 amide bonds. The minimum atomic E-state index is 0.742. The number of aryl methyl sites for hydroxylation is 2. The van der Waals surface area contributed by atoms with Gasteiger partial charge in [-0.2, -0.15) is 0 Å². The van der Waals surface area contributed by atoms with Gasteiger partial charge in [-0.3, -0.25) is 0 Å². The predicted octanol–water partition coefficient (Wildman–Crippen LogP) is 11.4. The largest absolute Gasteiger partial charge is 0.455 e. The van der Waals surface area contributed by atoms with Crippen LogP contribution < -0.4 is 0 Å². The lowest BCUT2D eigenvalue weighted by molar-refractivity contribution is 0.672. The molecule has 0 spiro atoms. The molecule has 6 aromatic carbocycles. The van der Waals surface area contributed by atoms with Crippen LogP contribution in [0, 0.1) is 13.8 Å². The Balaban J connectivity index is 1.37. The van der Waals surface area contributed by atoms with Gasteiger partial charge in [0.15, 0.2) is 0 Å². The molecule has 2 nitrogen and oxygen atoms in total. The number of fused-ring (bicyclic) bond motifs is 10. The Bertz CT molecular complexity index is 2120. The molecule has 8 aromatic rings. The molecule has 2 aromatic heterocycles. The first kappa shape index (κ1) is 22.0. The SMILES string of the molecule is Cc1cc2c3cc(-c4ccc5oc6c7cccc(C)c7c(Cl)cc6c5c4)ccc3oc2c2cccc(Cl)c12. The molecule has 0 unspecified atom stereocenters. The third-order valence-corrected chi connectivity index (χ3v) is 8.44. The van der Waals surface area contributed by atoms with Crippen molar-refractivity contribution in [3.63, 3.8) is 0 Å². The van der Waals surface area contributed by atoms with E-state index in [2.05, 4.69) is 80.6 Å². The highest BCUT2D eigenvalue weighted by Crippen LogP contribution is 2.42. The smallest absolute Gasteiger partial charge is 0.143 e. The highest BCUT2D eigenvalue weighted by molar-refractivity contribution is 6.38. The topological polar surface area (TPSA) is 26.3 Å². The highest BCUT2D eigenvalue weighted by Gasteiger charge is 2.17. The Morgan fingerprint density at radius 3 is 1.66 bits per heavy atom. The highest BCUT2D eigenvalue weighted by atomic mass is 35.5. The number of furan rings is 2. The van der Waals surface area contributed by atoms with E-state index in [1.807, 2.05) is 18.2 Å². The average molecular weight is 531 g/mol. The Hall–Kier alpha value is -3.98. The van der Waals surface area contributed by atoms with Gasteiger partial charge in [0.25, 0.3) is 0 Å². The van der Waals surface area contributed by atoms with Crippen molar-refractivity contribution in [1.29, 1.82) is 0 Å². The molecule has 0 saturated heterocycles. The summed E-state index contributed by atoms with van der Waals surface area (Å²) in [6.07, 6.45) is 0. The van der Waals surface area contributed by atoms with E-state index in [1.54, 1.807) is 0 Å². The zero-order chi connectivity index (χ0) is 25.7. The molecule has 0 aliphatic carbocycles. The van der Waals surface area contributed by atoms with Crippen molar-refractivity contribution in [2.45, 2.75) is 13.8 Å². The number of benzene rings is 6. The number of hydrogen-bond donors (Lipinski definition) is 0. The van der Waals surface area contributed by atoms with Crippen LogP contribution in [0.3, 0.4) is 0 Å². The number of halogens is 2. The summed E-state index contributed by atoms with van der Waals surface area (Å²) in [6.45, 7) is 4.18. The third kappa shape index (κ3) is 2.96. The molecule has 4 heteroatoms. The van der Waals surface area contributed by atoms with Gasteiger partial charge in [0.2, 0.25) is 0 Å². The van der Waals surface area contributed by atoms with E-state index in [-0.39, 0.29) is 0 Å². The molecular formula is C34H20Cl2O2. The van der Waals surface area contributed by atoms with Crippen molar-refractivity contribution < 1.29 is 8.83 Å². The molecule has 8 rings (SSSR count). The molecule has 0 fully saturated rings. The normalized spacial score (nSPS) is 12.2. The molecule has 182 valence electrons. The molecule has 0 aliphatic heterocycles. The second-order valence-electron chi connectivity index (χ2n) is 10.1. The van der Waals surface area contributed by atoms with Gasteiger partial charge in [-0.25, -0.2) is 0 Å². The van der Waals surface area contributed by atoms with Crippen LogP contribution >= 0.6 is 23.2 Å². The van der Waals surface area contributed by atoms with Gasteiger partial charge in [0.1, 0.15) is 22.3 Å². The molecule has 0 saturated carbocycles. The van der Waals surface area contributed by atoms with Crippen molar-refractivity contribution >= 4 is 88.6 Å². The lowest BCUT2D eigenvalue weighted by Crippen LogP contribution is -1.82. The van der Waals surface area contributed by atoms with Crippen LogP contribution in [0.5, 0.6) is 0 Å². The fourth-order valence-corrected chi connectivity index (χ4v) is 6.74. The van der Waals surface area contributed by atoms with Crippen LogP contribution in [-0.4, -0.2) is 0 Å². The van der Waals surface area contributed by atoms with Crippen LogP contribution in [0.15, 0.2) is 93.8 Å². The van der Waals surface area contributed by atoms with E-state index in [1.165, 1.54) is 0 Å². The Labute approximate surface area is 228 Å². The minimum Gasteiger partial charge on any atom is -0.455 e. The van der Waals surface area contributed by atoms with Crippen molar-refractivity contribution in [2.24, 2.45) is 0 Å². The lowest BCUT2D eigenvalue weighted by Gasteiger charge is -2.06. The summed E-state index contributed by atoms with van der Waals surface area (Å²) in [5, 5.41) is 9.91. The van der Waals surface area contributed by atoms with Crippen molar-refractivity contribution in [3.8, 4) is 11.1 Å². The predicted molar refractivity (Wildman–Crippen MR) is 161 cm³/mol. The maximum atomic E-state index is 6.77. The van der Waals surface area contributed by atoms with Gasteiger partial charge in [0.05, 0.1) is 0 Å². The summed E-state index contributed by atoms with van der Waals surface area (Å²) in [5.74, 6) is 0. The summed E-state index contributed by atoms with van der Waals surface area (Å²) >= 11 is 13.3. The second kappa shape index (κ2) is 7.77. The van der Waals surface area contributed by atoms with E-state index >= 15 is 0 Å². The van der Waals surface area contributed by atoms with Gasteiger partial charge in [-0.15, -0.1) is 0 Å². The Morgan fingerprint density at radius 2 is 1.03 bits per heavy atom. The standard InChI is InChI=1S/C34H20Cl2O2/c1-17-5-3-6-21-31(17)28(36)16-26-24-15-20(10-12-30(24)38-34(21)26)19-9-11-29-23(14-19)25-13-18(2)32-22(33(25)37-29)7-4-8-27(32)35/h3-16H,1-2H3. The Kier molecular flexibility index (Phi) is 4.51. The van der Waals surface area contributed by atoms with Crippen LogP contribution in [0.25, 0.3) is 76.5 Å². The summed E-state index contributed by atoms with van der Waals surface area (Å²) in [6, 6.07) is 29.2. The number of hydrogen-bond acceptors (Lipinski definition) is 2. The van der Waals surface area contributed by atoms with Gasteiger partial charge in [-0.05, 0) is 78.6 Å². The van der Waals surface area contributed by atoms with E-state index < -0.39 is 0 Å². The van der Waals surface area contributed by atoms with Gasteiger partial charge in [0, 0.05) is 53.1 Å². The maximum absolute atomic E-state index is 6.77. The molecule has 0 bridgehead atoms. The molecule has 0 radical (unpaired) electrons. The summed E-state index contributed by atoms with van der Waals surface area (Å²) in [7, 11) is 0.